The molecule has 0 aromatic rings. The van der Waals surface area contributed by atoms with E-state index in [4.69, 9.17) is 0 Å². The van der Waals surface area contributed by atoms with Gasteiger partial charge in [-0.25, -0.2) is 0 Å². The van der Waals surface area contributed by atoms with Crippen molar-refractivity contribution in [2.45, 2.75) is 29.8 Å². The van der Waals surface area contributed by atoms with Crippen molar-refractivity contribution >= 4 is 29.5 Å². The predicted molar refractivity (Wildman–Crippen MR) is 64.2 cm³/mol. The van der Waals surface area contributed by atoms with Gasteiger partial charge in [0.05, 0.1) is 10.00 Å². The zero-order chi connectivity index (χ0) is 10.5. The Morgan fingerprint density at radius 1 is 1.27 bits per heavy atom. The van der Waals surface area contributed by atoms with E-state index in [0.29, 0.717) is 15.9 Å². The van der Waals surface area contributed by atoms with Gasteiger partial charge in [-0.3, -0.25) is 4.79 Å². The molecule has 1 N–H and O–H groups in total. The molecule has 1 spiro atoms. The molecule has 0 unspecified atom stereocenters. The Kier molecular flexibility index (Phi) is 2.47. The van der Waals surface area contributed by atoms with Crippen molar-refractivity contribution in [3.63, 3.8) is 0 Å². The first-order chi connectivity index (χ1) is 7.21. The molecule has 3 rings (SSSR count). The molecule has 2 saturated carbocycles. The molecule has 0 radical (unpaired) electrons. The second kappa shape index (κ2) is 3.59. The maximum atomic E-state index is 11.2. The third-order valence-electron chi connectivity index (χ3n) is 4.10. The highest BCUT2D eigenvalue weighted by Gasteiger charge is 2.58. The first-order valence-corrected chi connectivity index (χ1v) is 7.69. The normalized spacial score (nSPS) is 42.3. The predicted octanol–water partition coefficient (Wildman–Crippen LogP) is 2.68. The highest BCUT2D eigenvalue weighted by Crippen LogP contribution is 2.65. The number of carbonyl (C=O) groups is 1. The Bertz CT molecular complexity index is 286. The number of hydrogen-bond acceptors (Lipinski definition) is 3. The molecule has 0 aromatic heterocycles. The van der Waals surface area contributed by atoms with E-state index in [-0.39, 0.29) is 5.92 Å². The van der Waals surface area contributed by atoms with Gasteiger partial charge in [-0.15, -0.1) is 23.5 Å². The molecular weight excluding hydrogens is 228 g/mol. The van der Waals surface area contributed by atoms with E-state index in [1.165, 1.54) is 30.8 Å². The van der Waals surface area contributed by atoms with Gasteiger partial charge >= 0.3 is 5.97 Å². The minimum atomic E-state index is -0.548. The van der Waals surface area contributed by atoms with Gasteiger partial charge < -0.3 is 5.11 Å². The van der Waals surface area contributed by atoms with Crippen molar-refractivity contribution in [2.24, 2.45) is 17.8 Å². The molecule has 2 nitrogen and oxygen atoms in total. The molecule has 2 bridgehead atoms. The number of fused-ring (bicyclic) bond motifs is 3. The van der Waals surface area contributed by atoms with Crippen molar-refractivity contribution in [3.8, 4) is 0 Å². The van der Waals surface area contributed by atoms with Crippen LogP contribution in [0.1, 0.15) is 25.7 Å². The van der Waals surface area contributed by atoms with Crippen LogP contribution in [0.15, 0.2) is 0 Å². The second-order valence-corrected chi connectivity index (χ2v) is 8.06. The summed E-state index contributed by atoms with van der Waals surface area (Å²) in [4.78, 5) is 11.2. The molecule has 3 atom stereocenters. The molecule has 84 valence electrons. The van der Waals surface area contributed by atoms with Gasteiger partial charge in [-0.05, 0) is 49.0 Å². The van der Waals surface area contributed by atoms with Crippen LogP contribution in [-0.4, -0.2) is 26.7 Å². The molecule has 1 saturated heterocycles. The summed E-state index contributed by atoms with van der Waals surface area (Å²) in [5.74, 6) is 3.05. The summed E-state index contributed by atoms with van der Waals surface area (Å²) in [5.41, 5.74) is 0. The summed E-state index contributed by atoms with van der Waals surface area (Å²) in [6.07, 6.45) is 4.70. The van der Waals surface area contributed by atoms with Crippen LogP contribution < -0.4 is 0 Å². The molecule has 4 heteroatoms. The van der Waals surface area contributed by atoms with Gasteiger partial charge in [0, 0.05) is 0 Å². The Hall–Kier alpha value is 0.170. The third kappa shape index (κ3) is 1.52. The minimum Gasteiger partial charge on any atom is -0.481 e. The van der Waals surface area contributed by atoms with Gasteiger partial charge in [-0.2, -0.15) is 0 Å². The molecule has 2 aliphatic carbocycles. The Morgan fingerprint density at radius 2 is 2.00 bits per heavy atom. The topological polar surface area (TPSA) is 37.3 Å². The molecule has 3 fully saturated rings. The van der Waals surface area contributed by atoms with Crippen LogP contribution >= 0.6 is 23.5 Å². The van der Waals surface area contributed by atoms with Gasteiger partial charge in [-0.1, -0.05) is 0 Å². The first-order valence-electron chi connectivity index (χ1n) is 5.72. The maximum Gasteiger partial charge on any atom is 0.306 e. The summed E-state index contributed by atoms with van der Waals surface area (Å²) in [5, 5.41) is 9.23. The van der Waals surface area contributed by atoms with E-state index in [0.717, 1.165) is 6.42 Å². The first kappa shape index (κ1) is 10.3. The van der Waals surface area contributed by atoms with Crippen molar-refractivity contribution < 1.29 is 9.90 Å². The van der Waals surface area contributed by atoms with Gasteiger partial charge in [0.25, 0.3) is 0 Å². The monoisotopic (exact) mass is 244 g/mol. The number of thioether (sulfide) groups is 2. The second-order valence-electron chi connectivity index (χ2n) is 4.96. The highest BCUT2D eigenvalue weighted by molar-refractivity contribution is 8.18. The number of rotatable bonds is 1. The van der Waals surface area contributed by atoms with Crippen LogP contribution in [0.5, 0.6) is 0 Å². The molecule has 3 aliphatic rings. The van der Waals surface area contributed by atoms with Crippen molar-refractivity contribution in [1.29, 1.82) is 0 Å². The average Bonchev–Trinajstić information content (AvgIpc) is 2.76. The fourth-order valence-corrected chi connectivity index (χ4v) is 7.49. The lowest BCUT2D eigenvalue weighted by Gasteiger charge is -2.41. The molecule has 15 heavy (non-hydrogen) atoms. The largest absolute Gasteiger partial charge is 0.481 e. The fraction of sp³-hybridized carbons (Fsp3) is 0.909. The molecule has 0 aromatic carbocycles. The van der Waals surface area contributed by atoms with Crippen LogP contribution in [0.2, 0.25) is 0 Å². The van der Waals surface area contributed by atoms with Crippen LogP contribution in [0.4, 0.5) is 0 Å². The Morgan fingerprint density at radius 3 is 2.60 bits per heavy atom. The van der Waals surface area contributed by atoms with E-state index in [1.54, 1.807) is 0 Å². The lowest BCUT2D eigenvalue weighted by Crippen LogP contribution is -2.39. The third-order valence-corrected chi connectivity index (χ3v) is 7.71. The quantitative estimate of drug-likeness (QED) is 0.769. The van der Waals surface area contributed by atoms with Crippen LogP contribution in [-0.2, 0) is 4.79 Å². The van der Waals surface area contributed by atoms with E-state index < -0.39 is 5.97 Å². The number of hydrogen-bond donors (Lipinski definition) is 1. The van der Waals surface area contributed by atoms with Gasteiger partial charge in [0.2, 0.25) is 0 Å². The van der Waals surface area contributed by atoms with Crippen molar-refractivity contribution in [2.75, 3.05) is 11.5 Å². The summed E-state index contributed by atoms with van der Waals surface area (Å²) in [6.45, 7) is 0. The smallest absolute Gasteiger partial charge is 0.306 e. The van der Waals surface area contributed by atoms with Crippen molar-refractivity contribution in [1.82, 2.24) is 0 Å². The summed E-state index contributed by atoms with van der Waals surface area (Å²) < 4.78 is 0.296. The highest BCUT2D eigenvalue weighted by atomic mass is 32.2. The summed E-state index contributed by atoms with van der Waals surface area (Å²) in [7, 11) is 0. The zero-order valence-electron chi connectivity index (χ0n) is 8.65. The van der Waals surface area contributed by atoms with E-state index in [2.05, 4.69) is 23.5 Å². The van der Waals surface area contributed by atoms with Crippen LogP contribution in [0.25, 0.3) is 0 Å². The number of carboxylic acid groups (broad SMARTS) is 1. The average molecular weight is 244 g/mol. The summed E-state index contributed by atoms with van der Waals surface area (Å²) >= 11 is 4.11. The molecule has 1 heterocycles. The standard InChI is InChI=1S/C11H16O2S2/c12-10(13)8-4-7-5-9(8)11(6-7)14-2-1-3-15-11/h7-9H,1-6H2,(H,12,13)/t7-,8+,9+/m1/s1. The van der Waals surface area contributed by atoms with Gasteiger partial charge in [0.15, 0.2) is 0 Å². The van der Waals surface area contributed by atoms with Crippen LogP contribution in [0, 0.1) is 17.8 Å². The molecule has 1 aliphatic heterocycles. The number of carboxylic acids is 1. The number of aliphatic carboxylic acids is 1. The van der Waals surface area contributed by atoms with Gasteiger partial charge in [0.1, 0.15) is 0 Å². The lowest BCUT2D eigenvalue weighted by molar-refractivity contribution is -0.143. The van der Waals surface area contributed by atoms with E-state index in [9.17, 15) is 9.90 Å². The SMILES string of the molecule is O=C(O)[C@H]1C[C@@H]2C[C@@H]1C1(C2)SCCCS1. The maximum absolute atomic E-state index is 11.2. The fourth-order valence-electron chi connectivity index (χ4n) is 3.54. The van der Waals surface area contributed by atoms with E-state index in [1.807, 2.05) is 0 Å². The van der Waals surface area contributed by atoms with Crippen LogP contribution in [0.3, 0.4) is 0 Å². The molecule has 0 amide bonds. The zero-order valence-corrected chi connectivity index (χ0v) is 10.3. The lowest BCUT2D eigenvalue weighted by atomic mass is 9.88. The Labute approximate surface area is 98.6 Å². The molecular formula is C11H16O2S2. The van der Waals surface area contributed by atoms with E-state index >= 15 is 0 Å². The Balaban J connectivity index is 1.84. The van der Waals surface area contributed by atoms with Crippen molar-refractivity contribution in [3.05, 3.63) is 0 Å². The minimum absolute atomic E-state index is 0.0400. The summed E-state index contributed by atoms with van der Waals surface area (Å²) in [6, 6.07) is 0.